The van der Waals surface area contributed by atoms with Gasteiger partial charge in [0.1, 0.15) is 0 Å². The molecule has 0 aromatic heterocycles. The van der Waals surface area contributed by atoms with Crippen molar-refractivity contribution in [3.05, 3.63) is 0 Å². The number of hydrogen-bond donors (Lipinski definition) is 1. The second kappa shape index (κ2) is 5.50. The number of nitrogens with one attached hydrogen (secondary N) is 1. The average molecular weight is 210 g/mol. The van der Waals surface area contributed by atoms with Gasteiger partial charge in [-0.1, -0.05) is 12.8 Å². The van der Waals surface area contributed by atoms with E-state index in [0.717, 1.165) is 6.54 Å². The summed E-state index contributed by atoms with van der Waals surface area (Å²) in [6.45, 7) is 3.34. The standard InChI is InChI=1S/C12H22N2O/c15-12(13-11-5-1-2-6-11)7-10-14-8-3-4-9-14/h11H,1-10H2,(H,13,15). The highest BCUT2D eigenvalue weighted by molar-refractivity contribution is 5.76. The predicted octanol–water partition coefficient (Wildman–Crippen LogP) is 1.53. The lowest BCUT2D eigenvalue weighted by atomic mass is 10.2. The monoisotopic (exact) mass is 210 g/mol. The Morgan fingerprint density at radius 3 is 2.47 bits per heavy atom. The van der Waals surface area contributed by atoms with E-state index < -0.39 is 0 Å². The van der Waals surface area contributed by atoms with Crippen molar-refractivity contribution in [1.82, 2.24) is 10.2 Å². The number of nitrogens with zero attached hydrogens (tertiary/aromatic N) is 1. The van der Waals surface area contributed by atoms with Crippen LogP contribution >= 0.6 is 0 Å². The van der Waals surface area contributed by atoms with E-state index in [1.165, 1.54) is 51.6 Å². The molecule has 15 heavy (non-hydrogen) atoms. The number of hydrogen-bond acceptors (Lipinski definition) is 2. The van der Waals surface area contributed by atoms with Crippen molar-refractivity contribution in [2.75, 3.05) is 19.6 Å². The zero-order valence-electron chi connectivity index (χ0n) is 9.50. The molecular weight excluding hydrogens is 188 g/mol. The molecule has 1 N–H and O–H groups in total. The Morgan fingerprint density at radius 2 is 1.80 bits per heavy atom. The number of amides is 1. The minimum atomic E-state index is 0.258. The Morgan fingerprint density at radius 1 is 1.13 bits per heavy atom. The molecule has 2 aliphatic rings. The van der Waals surface area contributed by atoms with Gasteiger partial charge in [0.25, 0.3) is 0 Å². The van der Waals surface area contributed by atoms with E-state index in [1.807, 2.05) is 0 Å². The SMILES string of the molecule is O=C(CCN1CCCC1)NC1CCCC1. The van der Waals surface area contributed by atoms with Crippen LogP contribution in [-0.4, -0.2) is 36.5 Å². The fourth-order valence-electron chi connectivity index (χ4n) is 2.64. The van der Waals surface area contributed by atoms with E-state index in [2.05, 4.69) is 10.2 Å². The first-order valence-electron chi connectivity index (χ1n) is 6.36. The van der Waals surface area contributed by atoms with Gasteiger partial charge in [-0.2, -0.15) is 0 Å². The third-order valence-electron chi connectivity index (χ3n) is 3.57. The quantitative estimate of drug-likeness (QED) is 0.763. The Balaban J connectivity index is 1.59. The van der Waals surface area contributed by atoms with Crippen molar-refractivity contribution < 1.29 is 4.79 Å². The molecule has 2 rings (SSSR count). The van der Waals surface area contributed by atoms with E-state index in [4.69, 9.17) is 0 Å². The van der Waals surface area contributed by atoms with Crippen molar-refractivity contribution in [2.24, 2.45) is 0 Å². The fourth-order valence-corrected chi connectivity index (χ4v) is 2.64. The second-order valence-corrected chi connectivity index (χ2v) is 4.85. The van der Waals surface area contributed by atoms with E-state index >= 15 is 0 Å². The molecule has 1 heterocycles. The zero-order valence-corrected chi connectivity index (χ0v) is 9.50. The van der Waals surface area contributed by atoms with Crippen LogP contribution in [0.2, 0.25) is 0 Å². The molecule has 0 aromatic carbocycles. The van der Waals surface area contributed by atoms with Crippen LogP contribution in [0.3, 0.4) is 0 Å². The van der Waals surface area contributed by atoms with Gasteiger partial charge in [0.05, 0.1) is 0 Å². The van der Waals surface area contributed by atoms with Gasteiger partial charge in [0.2, 0.25) is 5.91 Å². The van der Waals surface area contributed by atoms with Gasteiger partial charge in [-0.05, 0) is 38.8 Å². The topological polar surface area (TPSA) is 32.3 Å². The van der Waals surface area contributed by atoms with Gasteiger partial charge in [0, 0.05) is 19.0 Å². The van der Waals surface area contributed by atoms with Crippen molar-refractivity contribution in [3.8, 4) is 0 Å². The molecule has 0 atom stereocenters. The minimum absolute atomic E-state index is 0.258. The van der Waals surface area contributed by atoms with Crippen molar-refractivity contribution in [1.29, 1.82) is 0 Å². The summed E-state index contributed by atoms with van der Waals surface area (Å²) in [6.07, 6.45) is 8.27. The van der Waals surface area contributed by atoms with E-state index in [1.54, 1.807) is 0 Å². The lowest BCUT2D eigenvalue weighted by Crippen LogP contribution is -2.35. The summed E-state index contributed by atoms with van der Waals surface area (Å²) in [7, 11) is 0. The van der Waals surface area contributed by atoms with Crippen LogP contribution in [0, 0.1) is 0 Å². The van der Waals surface area contributed by atoms with Crippen LogP contribution in [0.15, 0.2) is 0 Å². The first kappa shape index (κ1) is 10.9. The number of rotatable bonds is 4. The summed E-state index contributed by atoms with van der Waals surface area (Å²) in [5.74, 6) is 0.258. The van der Waals surface area contributed by atoms with Crippen LogP contribution in [0.25, 0.3) is 0 Å². The first-order valence-corrected chi connectivity index (χ1v) is 6.36. The van der Waals surface area contributed by atoms with Gasteiger partial charge in [-0.3, -0.25) is 4.79 Å². The molecular formula is C12H22N2O. The zero-order chi connectivity index (χ0) is 10.5. The van der Waals surface area contributed by atoms with Crippen LogP contribution in [0.4, 0.5) is 0 Å². The van der Waals surface area contributed by atoms with Crippen LogP contribution in [0.1, 0.15) is 44.9 Å². The molecule has 0 unspecified atom stereocenters. The maximum absolute atomic E-state index is 11.6. The highest BCUT2D eigenvalue weighted by atomic mass is 16.1. The summed E-state index contributed by atoms with van der Waals surface area (Å²) in [5.41, 5.74) is 0. The molecule has 2 fully saturated rings. The average Bonchev–Trinajstić information content (AvgIpc) is 2.86. The van der Waals surface area contributed by atoms with E-state index in [-0.39, 0.29) is 5.91 Å². The lowest BCUT2D eigenvalue weighted by molar-refractivity contribution is -0.122. The van der Waals surface area contributed by atoms with Crippen LogP contribution < -0.4 is 5.32 Å². The van der Waals surface area contributed by atoms with Gasteiger partial charge in [-0.15, -0.1) is 0 Å². The lowest BCUT2D eigenvalue weighted by Gasteiger charge is -2.16. The molecule has 3 heteroatoms. The van der Waals surface area contributed by atoms with Gasteiger partial charge >= 0.3 is 0 Å². The van der Waals surface area contributed by atoms with Crippen molar-refractivity contribution in [3.63, 3.8) is 0 Å². The predicted molar refractivity (Wildman–Crippen MR) is 60.7 cm³/mol. The van der Waals surface area contributed by atoms with Crippen molar-refractivity contribution >= 4 is 5.91 Å². The Hall–Kier alpha value is -0.570. The summed E-state index contributed by atoms with van der Waals surface area (Å²) < 4.78 is 0. The molecule has 0 spiro atoms. The Labute approximate surface area is 92.2 Å². The number of likely N-dealkylation sites (tertiary alicyclic amines) is 1. The van der Waals surface area contributed by atoms with E-state index in [0.29, 0.717) is 12.5 Å². The smallest absolute Gasteiger partial charge is 0.221 e. The summed E-state index contributed by atoms with van der Waals surface area (Å²) in [6, 6.07) is 0.482. The molecule has 0 aromatic rings. The highest BCUT2D eigenvalue weighted by Gasteiger charge is 2.18. The van der Waals surface area contributed by atoms with Gasteiger partial charge in [0.15, 0.2) is 0 Å². The highest BCUT2D eigenvalue weighted by Crippen LogP contribution is 2.17. The maximum atomic E-state index is 11.6. The Kier molecular flexibility index (Phi) is 4.01. The second-order valence-electron chi connectivity index (χ2n) is 4.85. The fraction of sp³-hybridized carbons (Fsp3) is 0.917. The molecule has 1 aliphatic heterocycles. The molecule has 1 saturated carbocycles. The molecule has 1 amide bonds. The molecule has 1 aliphatic carbocycles. The molecule has 3 nitrogen and oxygen atoms in total. The number of carbonyl (C=O) groups is 1. The molecule has 0 bridgehead atoms. The van der Waals surface area contributed by atoms with Crippen LogP contribution in [-0.2, 0) is 4.79 Å². The third kappa shape index (κ3) is 3.49. The van der Waals surface area contributed by atoms with Gasteiger partial charge < -0.3 is 10.2 Å². The normalized spacial score (nSPS) is 23.5. The minimum Gasteiger partial charge on any atom is -0.353 e. The third-order valence-corrected chi connectivity index (χ3v) is 3.57. The van der Waals surface area contributed by atoms with Gasteiger partial charge in [-0.25, -0.2) is 0 Å². The number of carbonyl (C=O) groups excluding carboxylic acids is 1. The Bertz CT molecular complexity index is 206. The summed E-state index contributed by atoms with van der Waals surface area (Å²) in [4.78, 5) is 14.0. The molecule has 1 saturated heterocycles. The molecule has 0 radical (unpaired) electrons. The maximum Gasteiger partial charge on any atom is 0.221 e. The largest absolute Gasteiger partial charge is 0.353 e. The molecule has 86 valence electrons. The van der Waals surface area contributed by atoms with Crippen LogP contribution in [0.5, 0.6) is 0 Å². The summed E-state index contributed by atoms with van der Waals surface area (Å²) in [5, 5.41) is 3.14. The van der Waals surface area contributed by atoms with Crippen molar-refractivity contribution in [2.45, 2.75) is 51.0 Å². The summed E-state index contributed by atoms with van der Waals surface area (Å²) >= 11 is 0. The van der Waals surface area contributed by atoms with E-state index in [9.17, 15) is 4.79 Å². The first-order chi connectivity index (χ1) is 7.34.